The molecule has 3 nitrogen and oxygen atoms in total. The van der Waals surface area contributed by atoms with Gasteiger partial charge in [-0.15, -0.1) is 0 Å². The Balaban J connectivity index is 1.81. The third kappa shape index (κ3) is 2.67. The molecule has 1 fully saturated rings. The number of pyridine rings is 1. The van der Waals surface area contributed by atoms with Crippen LogP contribution in [0.2, 0.25) is 5.02 Å². The van der Waals surface area contributed by atoms with Gasteiger partial charge in [0.25, 0.3) is 0 Å². The molecule has 0 aliphatic heterocycles. The van der Waals surface area contributed by atoms with Gasteiger partial charge in [0.1, 0.15) is 0 Å². The highest BCUT2D eigenvalue weighted by atomic mass is 35.5. The number of fused-ring (bicyclic) bond motifs is 1. The van der Waals surface area contributed by atoms with Gasteiger partial charge in [-0.25, -0.2) is 0 Å². The second kappa shape index (κ2) is 4.99. The second-order valence-corrected chi connectivity index (χ2v) is 5.85. The van der Waals surface area contributed by atoms with Crippen molar-refractivity contribution in [1.82, 2.24) is 4.98 Å². The first-order valence-corrected chi connectivity index (χ1v) is 7.08. The molecule has 0 amide bonds. The van der Waals surface area contributed by atoms with Crippen LogP contribution in [-0.4, -0.2) is 18.1 Å². The molecule has 1 saturated carbocycles. The standard InChI is InChI=1S/C15H18ClN3/c16-11-1-2-12-13(3-8-18-14(12)9-11)19-10-15(4-5-15)6-7-17/h1-3,8-9H,4-7,10,17H2,(H,18,19). The van der Waals surface area contributed by atoms with Crippen molar-refractivity contribution in [1.29, 1.82) is 0 Å². The number of hydrogen-bond acceptors (Lipinski definition) is 3. The lowest BCUT2D eigenvalue weighted by molar-refractivity contribution is 0.501. The summed E-state index contributed by atoms with van der Waals surface area (Å²) in [4.78, 5) is 4.35. The van der Waals surface area contributed by atoms with Crippen molar-refractivity contribution in [3.05, 3.63) is 35.5 Å². The van der Waals surface area contributed by atoms with E-state index in [4.69, 9.17) is 17.3 Å². The Bertz CT molecular complexity index is 593. The van der Waals surface area contributed by atoms with E-state index in [0.29, 0.717) is 5.41 Å². The summed E-state index contributed by atoms with van der Waals surface area (Å²) in [6.07, 6.45) is 5.50. The van der Waals surface area contributed by atoms with E-state index in [1.165, 1.54) is 12.8 Å². The molecule has 19 heavy (non-hydrogen) atoms. The summed E-state index contributed by atoms with van der Waals surface area (Å²) >= 11 is 6.00. The van der Waals surface area contributed by atoms with E-state index in [0.717, 1.165) is 41.1 Å². The second-order valence-electron chi connectivity index (χ2n) is 5.41. The number of rotatable bonds is 5. The third-order valence-corrected chi connectivity index (χ3v) is 4.23. The Hall–Kier alpha value is -1.32. The van der Waals surface area contributed by atoms with Gasteiger partial charge in [-0.3, -0.25) is 4.98 Å². The van der Waals surface area contributed by atoms with E-state index < -0.39 is 0 Å². The van der Waals surface area contributed by atoms with Crippen LogP contribution in [0.25, 0.3) is 10.9 Å². The monoisotopic (exact) mass is 275 g/mol. The van der Waals surface area contributed by atoms with Crippen molar-refractivity contribution in [2.45, 2.75) is 19.3 Å². The molecular formula is C15H18ClN3. The maximum Gasteiger partial charge on any atom is 0.0737 e. The lowest BCUT2D eigenvalue weighted by Crippen LogP contribution is -2.19. The predicted molar refractivity (Wildman–Crippen MR) is 80.6 cm³/mol. The van der Waals surface area contributed by atoms with Gasteiger partial charge in [0.15, 0.2) is 0 Å². The molecule has 0 spiro atoms. The molecular weight excluding hydrogens is 258 g/mol. The summed E-state index contributed by atoms with van der Waals surface area (Å²) in [7, 11) is 0. The zero-order valence-electron chi connectivity index (χ0n) is 10.8. The van der Waals surface area contributed by atoms with Crippen LogP contribution in [0.4, 0.5) is 5.69 Å². The molecule has 0 saturated heterocycles. The van der Waals surface area contributed by atoms with Crippen LogP contribution in [-0.2, 0) is 0 Å². The van der Waals surface area contributed by atoms with E-state index in [2.05, 4.69) is 10.3 Å². The van der Waals surface area contributed by atoms with Gasteiger partial charge >= 0.3 is 0 Å². The zero-order chi connectivity index (χ0) is 13.3. The number of nitrogens with one attached hydrogen (secondary N) is 1. The quantitative estimate of drug-likeness (QED) is 0.879. The molecule has 0 atom stereocenters. The van der Waals surface area contributed by atoms with Crippen molar-refractivity contribution in [2.75, 3.05) is 18.4 Å². The van der Waals surface area contributed by atoms with Crippen LogP contribution in [0.3, 0.4) is 0 Å². The lowest BCUT2D eigenvalue weighted by atomic mass is 10.0. The highest BCUT2D eigenvalue weighted by molar-refractivity contribution is 6.31. The normalized spacial score (nSPS) is 16.5. The Kier molecular flexibility index (Phi) is 3.33. The summed E-state index contributed by atoms with van der Waals surface area (Å²) in [6, 6.07) is 7.85. The molecule has 3 N–H and O–H groups in total. The molecule has 1 aromatic heterocycles. The molecule has 0 radical (unpaired) electrons. The number of nitrogens with two attached hydrogens (primary N) is 1. The first-order chi connectivity index (χ1) is 9.22. The van der Waals surface area contributed by atoms with E-state index in [-0.39, 0.29) is 0 Å². The first kappa shape index (κ1) is 12.7. The van der Waals surface area contributed by atoms with Gasteiger partial charge in [-0.2, -0.15) is 0 Å². The van der Waals surface area contributed by atoms with E-state index in [1.54, 1.807) is 0 Å². The maximum absolute atomic E-state index is 6.00. The van der Waals surface area contributed by atoms with E-state index in [9.17, 15) is 0 Å². The number of hydrogen-bond donors (Lipinski definition) is 2. The van der Waals surface area contributed by atoms with Gasteiger partial charge < -0.3 is 11.1 Å². The summed E-state index contributed by atoms with van der Waals surface area (Å²) in [5.74, 6) is 0. The van der Waals surface area contributed by atoms with Crippen LogP contribution in [0.1, 0.15) is 19.3 Å². The summed E-state index contributed by atoms with van der Waals surface area (Å²) in [5, 5.41) is 5.40. The topological polar surface area (TPSA) is 50.9 Å². The molecule has 0 bridgehead atoms. The summed E-state index contributed by atoms with van der Waals surface area (Å²) in [5.41, 5.74) is 8.17. The van der Waals surface area contributed by atoms with Crippen molar-refractivity contribution in [3.8, 4) is 0 Å². The fourth-order valence-corrected chi connectivity index (χ4v) is 2.72. The van der Waals surface area contributed by atoms with Crippen molar-refractivity contribution >= 4 is 28.2 Å². The lowest BCUT2D eigenvalue weighted by Gasteiger charge is -2.16. The largest absolute Gasteiger partial charge is 0.384 e. The van der Waals surface area contributed by atoms with Gasteiger partial charge in [-0.1, -0.05) is 11.6 Å². The van der Waals surface area contributed by atoms with Crippen molar-refractivity contribution in [2.24, 2.45) is 11.1 Å². The van der Waals surface area contributed by atoms with Crippen molar-refractivity contribution < 1.29 is 0 Å². The Morgan fingerprint density at radius 3 is 2.89 bits per heavy atom. The average molecular weight is 276 g/mol. The molecule has 1 heterocycles. The van der Waals surface area contributed by atoms with Crippen LogP contribution >= 0.6 is 11.6 Å². The Labute approximate surface area is 118 Å². The fraction of sp³-hybridized carbons (Fsp3) is 0.400. The molecule has 100 valence electrons. The highest BCUT2D eigenvalue weighted by Crippen LogP contribution is 2.48. The van der Waals surface area contributed by atoms with Gasteiger partial charge in [0, 0.05) is 28.8 Å². The minimum absolute atomic E-state index is 0.427. The number of aromatic nitrogens is 1. The molecule has 2 aromatic rings. The Morgan fingerprint density at radius 1 is 1.32 bits per heavy atom. The highest BCUT2D eigenvalue weighted by Gasteiger charge is 2.41. The van der Waals surface area contributed by atoms with Crippen LogP contribution in [0.15, 0.2) is 30.5 Å². The summed E-state index contributed by atoms with van der Waals surface area (Å²) < 4.78 is 0. The minimum atomic E-state index is 0.427. The SMILES string of the molecule is NCCC1(CNc2ccnc3cc(Cl)ccc23)CC1. The molecule has 3 rings (SSSR count). The maximum atomic E-state index is 6.00. The number of halogens is 1. The Morgan fingerprint density at radius 2 is 2.16 bits per heavy atom. The zero-order valence-corrected chi connectivity index (χ0v) is 11.6. The molecule has 1 aliphatic rings. The van der Waals surface area contributed by atoms with E-state index >= 15 is 0 Å². The van der Waals surface area contributed by atoms with Crippen molar-refractivity contribution in [3.63, 3.8) is 0 Å². The van der Waals surface area contributed by atoms with Crippen LogP contribution in [0, 0.1) is 5.41 Å². The molecule has 1 aromatic carbocycles. The number of nitrogens with zero attached hydrogens (tertiary/aromatic N) is 1. The van der Waals surface area contributed by atoms with Gasteiger partial charge in [0.05, 0.1) is 5.52 Å². The fourth-order valence-electron chi connectivity index (χ4n) is 2.56. The van der Waals surface area contributed by atoms with Crippen LogP contribution in [0.5, 0.6) is 0 Å². The first-order valence-electron chi connectivity index (χ1n) is 6.71. The molecule has 1 aliphatic carbocycles. The number of anilines is 1. The average Bonchev–Trinajstić information content (AvgIpc) is 3.16. The number of benzene rings is 1. The third-order valence-electron chi connectivity index (χ3n) is 3.99. The molecule has 4 heteroatoms. The van der Waals surface area contributed by atoms with Gasteiger partial charge in [0.2, 0.25) is 0 Å². The predicted octanol–water partition coefficient (Wildman–Crippen LogP) is 3.43. The van der Waals surface area contributed by atoms with Crippen LogP contribution < -0.4 is 11.1 Å². The summed E-state index contributed by atoms with van der Waals surface area (Å²) in [6.45, 7) is 1.76. The molecule has 0 unspecified atom stereocenters. The minimum Gasteiger partial charge on any atom is -0.384 e. The smallest absolute Gasteiger partial charge is 0.0737 e. The van der Waals surface area contributed by atoms with Gasteiger partial charge in [-0.05, 0) is 55.5 Å². The van der Waals surface area contributed by atoms with E-state index in [1.807, 2.05) is 30.5 Å².